The van der Waals surface area contributed by atoms with E-state index in [0.29, 0.717) is 5.69 Å². The monoisotopic (exact) mass is 231 g/mol. The van der Waals surface area contributed by atoms with Gasteiger partial charge in [0, 0.05) is 18.8 Å². The van der Waals surface area contributed by atoms with Gasteiger partial charge in [0.05, 0.1) is 23.7 Å². The van der Waals surface area contributed by atoms with E-state index in [1.165, 1.54) is 0 Å². The molecule has 0 bridgehead atoms. The fraction of sp³-hybridized carbons (Fsp3) is 0.385. The Kier molecular flexibility index (Phi) is 3.54. The summed E-state index contributed by atoms with van der Waals surface area (Å²) in [6.07, 6.45) is 6.99. The average molecular weight is 231 g/mol. The van der Waals surface area contributed by atoms with Gasteiger partial charge in [0.25, 0.3) is 0 Å². The molecule has 90 valence electrons. The van der Waals surface area contributed by atoms with Crippen LogP contribution in [0.3, 0.4) is 0 Å². The number of pyridine rings is 1. The molecule has 0 fully saturated rings. The molecule has 4 heteroatoms. The van der Waals surface area contributed by atoms with Crippen LogP contribution in [0.4, 0.5) is 0 Å². The number of nitrogens with zero attached hydrogens (tertiary/aromatic N) is 3. The zero-order valence-corrected chi connectivity index (χ0v) is 10.2. The zero-order chi connectivity index (χ0) is 12.3. The summed E-state index contributed by atoms with van der Waals surface area (Å²) in [5, 5.41) is 9.40. The Bertz CT molecular complexity index is 474. The second kappa shape index (κ2) is 5.10. The molecule has 0 amide bonds. The Hall–Kier alpha value is -1.68. The number of aryl methyl sites for hydroxylation is 1. The fourth-order valence-electron chi connectivity index (χ4n) is 1.77. The molecule has 1 N–H and O–H groups in total. The summed E-state index contributed by atoms with van der Waals surface area (Å²) in [7, 11) is 0. The number of aromatic nitrogens is 3. The van der Waals surface area contributed by atoms with Gasteiger partial charge in [-0.05, 0) is 25.5 Å². The SMILES string of the molecule is CCCc1nccn1-c1ccc(C(C)O)nc1. The van der Waals surface area contributed by atoms with Crippen LogP contribution in [-0.4, -0.2) is 19.6 Å². The topological polar surface area (TPSA) is 50.9 Å². The molecule has 2 aromatic rings. The Morgan fingerprint density at radius 1 is 1.35 bits per heavy atom. The molecular weight excluding hydrogens is 214 g/mol. The molecule has 0 aliphatic heterocycles. The molecule has 2 aromatic heterocycles. The van der Waals surface area contributed by atoms with Crippen LogP contribution in [0.15, 0.2) is 30.7 Å². The van der Waals surface area contributed by atoms with Crippen LogP contribution >= 0.6 is 0 Å². The maximum Gasteiger partial charge on any atom is 0.113 e. The molecule has 0 aromatic carbocycles. The van der Waals surface area contributed by atoms with Gasteiger partial charge >= 0.3 is 0 Å². The molecule has 0 aliphatic rings. The largest absolute Gasteiger partial charge is 0.387 e. The first kappa shape index (κ1) is 11.8. The van der Waals surface area contributed by atoms with Crippen LogP contribution in [0.2, 0.25) is 0 Å². The van der Waals surface area contributed by atoms with E-state index in [-0.39, 0.29) is 0 Å². The van der Waals surface area contributed by atoms with Crippen molar-refractivity contribution in [2.75, 3.05) is 0 Å². The molecule has 2 heterocycles. The highest BCUT2D eigenvalue weighted by Crippen LogP contribution is 2.14. The normalized spacial score (nSPS) is 12.6. The molecule has 0 saturated heterocycles. The Balaban J connectivity index is 2.30. The number of aliphatic hydroxyl groups excluding tert-OH is 1. The van der Waals surface area contributed by atoms with Crippen molar-refractivity contribution in [2.45, 2.75) is 32.8 Å². The van der Waals surface area contributed by atoms with Gasteiger partial charge in [-0.15, -0.1) is 0 Å². The summed E-state index contributed by atoms with van der Waals surface area (Å²) in [6.45, 7) is 3.84. The van der Waals surface area contributed by atoms with Crippen LogP contribution in [0.5, 0.6) is 0 Å². The van der Waals surface area contributed by atoms with E-state index in [2.05, 4.69) is 16.9 Å². The van der Waals surface area contributed by atoms with Gasteiger partial charge in [0.15, 0.2) is 0 Å². The highest BCUT2D eigenvalue weighted by Gasteiger charge is 2.06. The maximum atomic E-state index is 9.40. The summed E-state index contributed by atoms with van der Waals surface area (Å²) < 4.78 is 2.03. The molecule has 4 nitrogen and oxygen atoms in total. The van der Waals surface area contributed by atoms with Crippen LogP contribution in [0.1, 0.15) is 37.9 Å². The summed E-state index contributed by atoms with van der Waals surface area (Å²) in [5.41, 5.74) is 1.67. The Labute approximate surface area is 101 Å². The predicted molar refractivity (Wildman–Crippen MR) is 66.0 cm³/mol. The minimum Gasteiger partial charge on any atom is -0.387 e. The summed E-state index contributed by atoms with van der Waals surface area (Å²) in [6, 6.07) is 3.80. The number of aliphatic hydroxyl groups is 1. The van der Waals surface area contributed by atoms with E-state index in [9.17, 15) is 5.11 Å². The van der Waals surface area contributed by atoms with Crippen molar-refractivity contribution < 1.29 is 5.11 Å². The van der Waals surface area contributed by atoms with E-state index in [1.54, 1.807) is 19.3 Å². The number of hydrogen-bond donors (Lipinski definition) is 1. The van der Waals surface area contributed by atoms with Gasteiger partial charge in [0.2, 0.25) is 0 Å². The first-order valence-corrected chi connectivity index (χ1v) is 5.89. The first-order chi connectivity index (χ1) is 8.22. The van der Waals surface area contributed by atoms with Gasteiger partial charge in [-0.25, -0.2) is 4.98 Å². The average Bonchev–Trinajstić information content (AvgIpc) is 2.78. The van der Waals surface area contributed by atoms with Crippen molar-refractivity contribution in [2.24, 2.45) is 0 Å². The van der Waals surface area contributed by atoms with Gasteiger partial charge in [0.1, 0.15) is 5.82 Å². The number of imidazole rings is 1. The van der Waals surface area contributed by atoms with E-state index >= 15 is 0 Å². The third-order valence-electron chi connectivity index (χ3n) is 2.67. The van der Waals surface area contributed by atoms with E-state index in [0.717, 1.165) is 24.4 Å². The molecule has 1 atom stereocenters. The van der Waals surface area contributed by atoms with Gasteiger partial charge < -0.3 is 9.67 Å². The second-order valence-corrected chi connectivity index (χ2v) is 4.08. The Morgan fingerprint density at radius 2 is 2.18 bits per heavy atom. The van der Waals surface area contributed by atoms with E-state index in [1.807, 2.05) is 22.9 Å². The Morgan fingerprint density at radius 3 is 2.76 bits per heavy atom. The number of rotatable bonds is 4. The molecule has 0 saturated carbocycles. The molecule has 0 spiro atoms. The van der Waals surface area contributed by atoms with Crippen LogP contribution in [0, 0.1) is 0 Å². The van der Waals surface area contributed by atoms with E-state index in [4.69, 9.17) is 0 Å². The lowest BCUT2D eigenvalue weighted by Gasteiger charge is -2.08. The summed E-state index contributed by atoms with van der Waals surface area (Å²) in [4.78, 5) is 8.56. The van der Waals surface area contributed by atoms with Crippen molar-refractivity contribution in [1.29, 1.82) is 0 Å². The fourth-order valence-corrected chi connectivity index (χ4v) is 1.77. The smallest absolute Gasteiger partial charge is 0.113 e. The highest BCUT2D eigenvalue weighted by molar-refractivity contribution is 5.31. The van der Waals surface area contributed by atoms with Gasteiger partial charge in [-0.2, -0.15) is 0 Å². The van der Waals surface area contributed by atoms with Crippen LogP contribution in [-0.2, 0) is 6.42 Å². The maximum absolute atomic E-state index is 9.40. The van der Waals surface area contributed by atoms with Crippen molar-refractivity contribution >= 4 is 0 Å². The zero-order valence-electron chi connectivity index (χ0n) is 10.2. The molecule has 0 radical (unpaired) electrons. The molecular formula is C13H17N3O. The molecule has 0 aliphatic carbocycles. The number of hydrogen-bond acceptors (Lipinski definition) is 3. The predicted octanol–water partition coefficient (Wildman–Crippen LogP) is 2.27. The second-order valence-electron chi connectivity index (χ2n) is 4.08. The van der Waals surface area contributed by atoms with Gasteiger partial charge in [-0.1, -0.05) is 6.92 Å². The van der Waals surface area contributed by atoms with E-state index < -0.39 is 6.10 Å². The first-order valence-electron chi connectivity index (χ1n) is 5.89. The third kappa shape index (κ3) is 2.53. The van der Waals surface area contributed by atoms with Crippen LogP contribution < -0.4 is 0 Å². The molecule has 1 unspecified atom stereocenters. The van der Waals surface area contributed by atoms with Crippen molar-refractivity contribution in [3.05, 3.63) is 42.2 Å². The van der Waals surface area contributed by atoms with Crippen molar-refractivity contribution in [3.8, 4) is 5.69 Å². The molecule has 17 heavy (non-hydrogen) atoms. The lowest BCUT2D eigenvalue weighted by atomic mass is 10.2. The molecule has 2 rings (SSSR count). The minimum atomic E-state index is -0.526. The van der Waals surface area contributed by atoms with Gasteiger partial charge in [-0.3, -0.25) is 4.98 Å². The van der Waals surface area contributed by atoms with Crippen molar-refractivity contribution in [3.63, 3.8) is 0 Å². The summed E-state index contributed by atoms with van der Waals surface area (Å²) >= 11 is 0. The minimum absolute atomic E-state index is 0.526. The summed E-state index contributed by atoms with van der Waals surface area (Å²) in [5.74, 6) is 1.04. The standard InChI is InChI=1S/C13H17N3O/c1-3-4-13-14-7-8-16(13)11-5-6-12(10(2)17)15-9-11/h5-10,17H,3-4H2,1-2H3. The lowest BCUT2D eigenvalue weighted by molar-refractivity contribution is 0.194. The lowest BCUT2D eigenvalue weighted by Crippen LogP contribution is -2.02. The highest BCUT2D eigenvalue weighted by atomic mass is 16.3. The van der Waals surface area contributed by atoms with Crippen LogP contribution in [0.25, 0.3) is 5.69 Å². The van der Waals surface area contributed by atoms with Crippen molar-refractivity contribution in [1.82, 2.24) is 14.5 Å². The quantitative estimate of drug-likeness (QED) is 0.878. The third-order valence-corrected chi connectivity index (χ3v) is 2.67.